The summed E-state index contributed by atoms with van der Waals surface area (Å²) in [5, 5.41) is 6.11. The molecule has 160 valence electrons. The van der Waals surface area contributed by atoms with Crippen LogP contribution in [-0.4, -0.2) is 56.1 Å². The van der Waals surface area contributed by atoms with Gasteiger partial charge in [0.05, 0.1) is 18.6 Å². The van der Waals surface area contributed by atoms with Crippen molar-refractivity contribution < 1.29 is 14.3 Å². The number of morpholine rings is 1. The van der Waals surface area contributed by atoms with Gasteiger partial charge >= 0.3 is 0 Å². The third-order valence-electron chi connectivity index (χ3n) is 6.16. The molecule has 1 aliphatic heterocycles. The lowest BCUT2D eigenvalue weighted by atomic mass is 9.63. The molecule has 1 heterocycles. The van der Waals surface area contributed by atoms with Gasteiger partial charge in [0.2, 0.25) is 11.8 Å². The van der Waals surface area contributed by atoms with Crippen LogP contribution in [0.5, 0.6) is 0 Å². The van der Waals surface area contributed by atoms with E-state index in [1.807, 2.05) is 24.3 Å². The smallest absolute Gasteiger partial charge is 0.230 e. The van der Waals surface area contributed by atoms with Gasteiger partial charge in [-0.3, -0.25) is 14.5 Å². The van der Waals surface area contributed by atoms with E-state index >= 15 is 0 Å². The number of benzene rings is 1. The maximum absolute atomic E-state index is 13.0. The summed E-state index contributed by atoms with van der Waals surface area (Å²) < 4.78 is 5.37. The number of amides is 2. The molecule has 0 atom stereocenters. The molecule has 6 nitrogen and oxygen atoms in total. The topological polar surface area (TPSA) is 70.7 Å². The Morgan fingerprint density at radius 3 is 2.45 bits per heavy atom. The Balaban J connectivity index is 1.49. The number of hydrogen-bond acceptors (Lipinski definition) is 4. The highest BCUT2D eigenvalue weighted by Crippen LogP contribution is 2.44. The third kappa shape index (κ3) is 5.80. The van der Waals surface area contributed by atoms with Gasteiger partial charge in [0.1, 0.15) is 0 Å². The molecule has 0 aromatic heterocycles. The zero-order valence-electron chi connectivity index (χ0n) is 17.7. The van der Waals surface area contributed by atoms with Crippen LogP contribution in [0.4, 0.5) is 5.69 Å². The van der Waals surface area contributed by atoms with Gasteiger partial charge in [-0.05, 0) is 49.9 Å². The Kier molecular flexibility index (Phi) is 8.07. The Labute approximate surface area is 174 Å². The fourth-order valence-corrected chi connectivity index (χ4v) is 4.11. The van der Waals surface area contributed by atoms with E-state index in [4.69, 9.17) is 4.74 Å². The normalized spacial score (nSPS) is 18.7. The Morgan fingerprint density at radius 2 is 1.83 bits per heavy atom. The van der Waals surface area contributed by atoms with Crippen molar-refractivity contribution in [1.82, 2.24) is 10.2 Å². The number of rotatable bonds is 10. The van der Waals surface area contributed by atoms with E-state index in [2.05, 4.69) is 22.5 Å². The van der Waals surface area contributed by atoms with Gasteiger partial charge < -0.3 is 15.4 Å². The first kappa shape index (κ1) is 21.8. The van der Waals surface area contributed by atoms with E-state index in [1.165, 1.54) is 0 Å². The fourth-order valence-electron chi connectivity index (χ4n) is 4.11. The Morgan fingerprint density at radius 1 is 1.10 bits per heavy atom. The number of carbonyl (C=O) groups is 2. The minimum absolute atomic E-state index is 0.0518. The molecule has 2 aliphatic rings. The van der Waals surface area contributed by atoms with Crippen molar-refractivity contribution in [2.24, 2.45) is 0 Å². The summed E-state index contributed by atoms with van der Waals surface area (Å²) in [6.07, 6.45) is 6.29. The molecule has 2 fully saturated rings. The quantitative estimate of drug-likeness (QED) is 0.591. The van der Waals surface area contributed by atoms with Crippen LogP contribution in [0.25, 0.3) is 0 Å². The molecule has 1 saturated heterocycles. The van der Waals surface area contributed by atoms with E-state index in [0.29, 0.717) is 13.0 Å². The standard InChI is InChI=1S/C23H35N3O3/c1-2-3-6-21(27)25-20-9-7-19(8-10-20)23(11-4-12-23)22(28)24-13-5-14-26-15-17-29-18-16-26/h7-10H,2-6,11-18H2,1H3,(H,24,28)(H,25,27). The Hall–Kier alpha value is -1.92. The summed E-state index contributed by atoms with van der Waals surface area (Å²) in [7, 11) is 0. The Bertz CT molecular complexity index is 664. The molecule has 0 bridgehead atoms. The van der Waals surface area contributed by atoms with Crippen LogP contribution in [0.3, 0.4) is 0 Å². The van der Waals surface area contributed by atoms with Crippen molar-refractivity contribution in [1.29, 1.82) is 0 Å². The first-order valence-electron chi connectivity index (χ1n) is 11.1. The molecule has 0 unspecified atom stereocenters. The number of anilines is 1. The number of ether oxygens (including phenoxy) is 1. The van der Waals surface area contributed by atoms with Crippen LogP contribution < -0.4 is 10.6 Å². The predicted octanol–water partition coefficient (Wildman–Crippen LogP) is 3.08. The van der Waals surface area contributed by atoms with Gasteiger partial charge in [0, 0.05) is 31.7 Å². The van der Waals surface area contributed by atoms with Gasteiger partial charge in [-0.25, -0.2) is 0 Å². The van der Waals surface area contributed by atoms with Crippen molar-refractivity contribution in [3.05, 3.63) is 29.8 Å². The lowest BCUT2D eigenvalue weighted by Gasteiger charge is -2.41. The number of unbranched alkanes of at least 4 members (excludes halogenated alkanes) is 1. The molecule has 1 saturated carbocycles. The fraction of sp³-hybridized carbons (Fsp3) is 0.652. The summed E-state index contributed by atoms with van der Waals surface area (Å²) in [4.78, 5) is 27.3. The second kappa shape index (κ2) is 10.7. The summed E-state index contributed by atoms with van der Waals surface area (Å²) in [6.45, 7) is 7.38. The highest BCUT2D eigenvalue weighted by Gasteiger charge is 2.45. The van der Waals surface area contributed by atoms with Crippen LogP contribution in [0.1, 0.15) is 57.4 Å². The second-order valence-corrected chi connectivity index (χ2v) is 8.23. The number of carbonyl (C=O) groups excluding carboxylic acids is 2. The molecule has 0 spiro atoms. The SMILES string of the molecule is CCCCC(=O)Nc1ccc(C2(C(=O)NCCCN3CCOCC3)CCC2)cc1. The van der Waals surface area contributed by atoms with E-state index in [9.17, 15) is 9.59 Å². The summed E-state index contributed by atoms with van der Waals surface area (Å²) in [5.74, 6) is 0.196. The van der Waals surface area contributed by atoms with Crippen LogP contribution in [0, 0.1) is 0 Å². The van der Waals surface area contributed by atoms with Crippen molar-refractivity contribution >= 4 is 17.5 Å². The van der Waals surface area contributed by atoms with Crippen molar-refractivity contribution in [3.8, 4) is 0 Å². The molecule has 1 aromatic rings. The average molecular weight is 402 g/mol. The molecule has 2 N–H and O–H groups in total. The van der Waals surface area contributed by atoms with Crippen molar-refractivity contribution in [3.63, 3.8) is 0 Å². The molecule has 6 heteroatoms. The largest absolute Gasteiger partial charge is 0.379 e. The molecule has 0 radical (unpaired) electrons. The number of nitrogens with one attached hydrogen (secondary N) is 2. The van der Waals surface area contributed by atoms with Gasteiger partial charge in [0.15, 0.2) is 0 Å². The molecule has 1 aliphatic carbocycles. The van der Waals surface area contributed by atoms with Gasteiger partial charge in [0.25, 0.3) is 0 Å². The first-order chi connectivity index (χ1) is 14.1. The first-order valence-corrected chi connectivity index (χ1v) is 11.1. The molecule has 29 heavy (non-hydrogen) atoms. The predicted molar refractivity (Wildman–Crippen MR) is 115 cm³/mol. The van der Waals surface area contributed by atoms with E-state index < -0.39 is 5.41 Å². The molecule has 1 aromatic carbocycles. The van der Waals surface area contributed by atoms with Crippen LogP contribution in [-0.2, 0) is 19.7 Å². The number of hydrogen-bond donors (Lipinski definition) is 2. The van der Waals surface area contributed by atoms with Crippen LogP contribution in [0.15, 0.2) is 24.3 Å². The zero-order valence-corrected chi connectivity index (χ0v) is 17.7. The molecular weight excluding hydrogens is 366 g/mol. The summed E-state index contributed by atoms with van der Waals surface area (Å²) in [5.41, 5.74) is 1.46. The minimum atomic E-state index is -0.399. The molecular formula is C23H35N3O3. The van der Waals surface area contributed by atoms with Crippen LogP contribution >= 0.6 is 0 Å². The number of nitrogens with zero attached hydrogens (tertiary/aromatic N) is 1. The lowest BCUT2D eigenvalue weighted by molar-refractivity contribution is -0.130. The molecule has 3 rings (SSSR count). The summed E-state index contributed by atoms with van der Waals surface area (Å²) >= 11 is 0. The minimum Gasteiger partial charge on any atom is -0.379 e. The average Bonchev–Trinajstić information content (AvgIpc) is 2.71. The molecule has 2 amide bonds. The van der Waals surface area contributed by atoms with E-state index in [0.717, 1.165) is 82.6 Å². The third-order valence-corrected chi connectivity index (χ3v) is 6.16. The maximum Gasteiger partial charge on any atom is 0.230 e. The zero-order chi connectivity index (χ0) is 20.5. The van der Waals surface area contributed by atoms with Gasteiger partial charge in [-0.2, -0.15) is 0 Å². The second-order valence-electron chi connectivity index (χ2n) is 8.23. The monoisotopic (exact) mass is 401 g/mol. The maximum atomic E-state index is 13.0. The van der Waals surface area contributed by atoms with Crippen LogP contribution in [0.2, 0.25) is 0 Å². The summed E-state index contributed by atoms with van der Waals surface area (Å²) in [6, 6.07) is 7.85. The van der Waals surface area contributed by atoms with Crippen molar-refractivity contribution in [2.45, 2.75) is 57.3 Å². The van der Waals surface area contributed by atoms with E-state index in [1.54, 1.807) is 0 Å². The lowest BCUT2D eigenvalue weighted by Crippen LogP contribution is -2.49. The highest BCUT2D eigenvalue weighted by molar-refractivity contribution is 5.91. The highest BCUT2D eigenvalue weighted by atomic mass is 16.5. The van der Waals surface area contributed by atoms with Gasteiger partial charge in [-0.1, -0.05) is 31.9 Å². The van der Waals surface area contributed by atoms with E-state index in [-0.39, 0.29) is 11.8 Å². The van der Waals surface area contributed by atoms with Gasteiger partial charge in [-0.15, -0.1) is 0 Å². The van der Waals surface area contributed by atoms with Crippen molar-refractivity contribution in [2.75, 3.05) is 44.7 Å².